The summed E-state index contributed by atoms with van der Waals surface area (Å²) in [5.74, 6) is -3.32. The lowest BCUT2D eigenvalue weighted by atomic mass is 10.0. The van der Waals surface area contributed by atoms with Gasteiger partial charge in [0.1, 0.15) is 12.2 Å². The second kappa shape index (κ2) is 6.35. The zero-order valence-corrected chi connectivity index (χ0v) is 10.3. The quantitative estimate of drug-likeness (QED) is 0.537. The Morgan fingerprint density at radius 2 is 1.95 bits per heavy atom. The minimum Gasteiger partial charge on any atom is -0.388 e. The summed E-state index contributed by atoms with van der Waals surface area (Å²) in [6, 6.07) is 0.758. The molecule has 0 heterocycles. The van der Waals surface area contributed by atoms with Crippen LogP contribution in [0.1, 0.15) is 18.6 Å². The van der Waals surface area contributed by atoms with Crippen molar-refractivity contribution in [2.24, 2.45) is 0 Å². The standard InChI is InChI=1S/C11H12F2N2O5/c1-5(16)14-4-10(17)11(18)6-2-7(12)8(13)3-9(6)15(19)20/h2-3,10-11,17-18H,4H2,1H3,(H,14,16). The average molecular weight is 290 g/mol. The molecule has 0 radical (unpaired) electrons. The molecular formula is C11H12F2N2O5. The van der Waals surface area contributed by atoms with Gasteiger partial charge in [0.2, 0.25) is 5.91 Å². The van der Waals surface area contributed by atoms with Crippen LogP contribution < -0.4 is 5.32 Å². The van der Waals surface area contributed by atoms with Gasteiger partial charge in [0, 0.05) is 13.5 Å². The Labute approximate surface area is 112 Å². The lowest BCUT2D eigenvalue weighted by Crippen LogP contribution is -2.34. The van der Waals surface area contributed by atoms with Crippen LogP contribution in [0.4, 0.5) is 14.5 Å². The molecule has 110 valence electrons. The normalized spacial score (nSPS) is 13.7. The Bertz CT molecular complexity index is 538. The van der Waals surface area contributed by atoms with Gasteiger partial charge < -0.3 is 15.5 Å². The maximum absolute atomic E-state index is 13.1. The van der Waals surface area contributed by atoms with Gasteiger partial charge in [-0.1, -0.05) is 0 Å². The van der Waals surface area contributed by atoms with Gasteiger partial charge in [0.25, 0.3) is 5.69 Å². The van der Waals surface area contributed by atoms with Gasteiger partial charge in [-0.05, 0) is 6.07 Å². The van der Waals surface area contributed by atoms with Crippen LogP contribution in [0.25, 0.3) is 0 Å². The average Bonchev–Trinajstić information content (AvgIpc) is 2.37. The van der Waals surface area contributed by atoms with E-state index in [9.17, 15) is 33.9 Å². The lowest BCUT2D eigenvalue weighted by molar-refractivity contribution is -0.386. The van der Waals surface area contributed by atoms with Crippen LogP contribution in [-0.2, 0) is 4.79 Å². The largest absolute Gasteiger partial charge is 0.388 e. The van der Waals surface area contributed by atoms with Gasteiger partial charge in [-0.3, -0.25) is 14.9 Å². The van der Waals surface area contributed by atoms with Gasteiger partial charge in [-0.15, -0.1) is 0 Å². The first-order chi connectivity index (χ1) is 9.23. The number of hydrogen-bond acceptors (Lipinski definition) is 5. The highest BCUT2D eigenvalue weighted by molar-refractivity contribution is 5.72. The number of nitro groups is 1. The first-order valence-corrected chi connectivity index (χ1v) is 5.48. The maximum Gasteiger partial charge on any atom is 0.278 e. The Kier molecular flexibility index (Phi) is 5.06. The maximum atomic E-state index is 13.1. The van der Waals surface area contributed by atoms with Crippen LogP contribution in [-0.4, -0.2) is 33.7 Å². The molecule has 3 N–H and O–H groups in total. The van der Waals surface area contributed by atoms with E-state index < -0.39 is 52.5 Å². The molecule has 1 aromatic rings. The molecule has 0 bridgehead atoms. The van der Waals surface area contributed by atoms with Crippen molar-refractivity contribution >= 4 is 11.6 Å². The minimum atomic E-state index is -1.85. The summed E-state index contributed by atoms with van der Waals surface area (Å²) in [7, 11) is 0. The lowest BCUT2D eigenvalue weighted by Gasteiger charge is -2.18. The number of aliphatic hydroxyl groups excluding tert-OH is 2. The third-order valence-electron chi connectivity index (χ3n) is 2.51. The molecule has 1 amide bonds. The van der Waals surface area contributed by atoms with Crippen LogP contribution in [0.15, 0.2) is 12.1 Å². The number of amides is 1. The number of benzene rings is 1. The number of nitrogens with zero attached hydrogens (tertiary/aromatic N) is 1. The molecule has 2 atom stereocenters. The number of hydrogen-bond donors (Lipinski definition) is 3. The SMILES string of the molecule is CC(=O)NCC(O)C(O)c1cc(F)c(F)cc1[N+](=O)[O-]. The highest BCUT2D eigenvalue weighted by Crippen LogP contribution is 2.29. The van der Waals surface area contributed by atoms with Gasteiger partial charge in [-0.25, -0.2) is 8.78 Å². The first-order valence-electron chi connectivity index (χ1n) is 5.48. The second-order valence-electron chi connectivity index (χ2n) is 4.03. The molecule has 7 nitrogen and oxygen atoms in total. The van der Waals surface area contributed by atoms with E-state index in [2.05, 4.69) is 5.32 Å². The summed E-state index contributed by atoms with van der Waals surface area (Å²) in [6.45, 7) is 0.770. The van der Waals surface area contributed by atoms with Crippen LogP contribution in [0.2, 0.25) is 0 Å². The molecule has 0 fully saturated rings. The molecular weight excluding hydrogens is 278 g/mol. The van der Waals surface area contributed by atoms with Crippen molar-refractivity contribution in [2.45, 2.75) is 19.1 Å². The van der Waals surface area contributed by atoms with Crippen molar-refractivity contribution in [1.29, 1.82) is 0 Å². The third kappa shape index (κ3) is 3.68. The molecule has 0 saturated heterocycles. The summed E-state index contributed by atoms with van der Waals surface area (Å²) < 4.78 is 26.1. The first kappa shape index (κ1) is 15.9. The van der Waals surface area contributed by atoms with E-state index in [1.54, 1.807) is 0 Å². The summed E-state index contributed by atoms with van der Waals surface area (Å²) in [5.41, 5.74) is -1.44. The zero-order chi connectivity index (χ0) is 15.4. The molecule has 1 rings (SSSR count). The van der Waals surface area contributed by atoms with E-state index >= 15 is 0 Å². The van der Waals surface area contributed by atoms with Crippen LogP contribution in [0, 0.1) is 21.7 Å². The predicted octanol–water partition coefficient (Wildman–Crippen LogP) is 0.403. The number of rotatable bonds is 5. The van der Waals surface area contributed by atoms with Gasteiger partial charge >= 0.3 is 0 Å². The van der Waals surface area contributed by atoms with Crippen LogP contribution in [0.5, 0.6) is 0 Å². The molecule has 0 spiro atoms. The monoisotopic (exact) mass is 290 g/mol. The number of carbonyl (C=O) groups excluding carboxylic acids is 1. The van der Waals surface area contributed by atoms with E-state index in [0.717, 1.165) is 0 Å². The molecule has 0 aliphatic carbocycles. The van der Waals surface area contributed by atoms with Gasteiger partial charge in [0.15, 0.2) is 11.6 Å². The molecule has 0 aliphatic rings. The fraction of sp³-hybridized carbons (Fsp3) is 0.364. The molecule has 2 unspecified atom stereocenters. The van der Waals surface area contributed by atoms with Crippen molar-refractivity contribution in [1.82, 2.24) is 5.32 Å². The second-order valence-corrected chi connectivity index (χ2v) is 4.03. The Balaban J connectivity index is 3.07. The summed E-state index contributed by atoms with van der Waals surface area (Å²) in [4.78, 5) is 20.4. The molecule has 9 heteroatoms. The van der Waals surface area contributed by atoms with Gasteiger partial charge in [-0.2, -0.15) is 0 Å². The number of aliphatic hydroxyl groups is 2. The van der Waals surface area contributed by atoms with Crippen LogP contribution in [0.3, 0.4) is 0 Å². The molecule has 0 aromatic heterocycles. The van der Waals surface area contributed by atoms with Crippen molar-refractivity contribution in [2.75, 3.05) is 6.54 Å². The highest BCUT2D eigenvalue weighted by atomic mass is 19.2. The number of nitro benzene ring substituents is 1. The molecule has 0 saturated carbocycles. The summed E-state index contributed by atoms with van der Waals surface area (Å²) in [5, 5.41) is 32.3. The predicted molar refractivity (Wildman–Crippen MR) is 62.7 cm³/mol. The smallest absolute Gasteiger partial charge is 0.278 e. The zero-order valence-electron chi connectivity index (χ0n) is 10.3. The molecule has 0 aliphatic heterocycles. The minimum absolute atomic E-state index is 0.318. The molecule has 20 heavy (non-hydrogen) atoms. The highest BCUT2D eigenvalue weighted by Gasteiger charge is 2.28. The fourth-order valence-corrected chi connectivity index (χ4v) is 1.51. The Morgan fingerprint density at radius 3 is 2.45 bits per heavy atom. The van der Waals surface area contributed by atoms with Crippen molar-refractivity contribution in [3.05, 3.63) is 39.4 Å². The van der Waals surface area contributed by atoms with E-state index in [1.807, 2.05) is 0 Å². The van der Waals surface area contributed by atoms with Crippen molar-refractivity contribution in [3.63, 3.8) is 0 Å². The van der Waals surface area contributed by atoms with E-state index in [4.69, 9.17) is 0 Å². The van der Waals surface area contributed by atoms with E-state index in [1.165, 1.54) is 6.92 Å². The summed E-state index contributed by atoms with van der Waals surface area (Å²) in [6.07, 6.45) is -3.46. The number of halogens is 2. The topological polar surface area (TPSA) is 113 Å². The van der Waals surface area contributed by atoms with E-state index in [0.29, 0.717) is 12.1 Å². The Hall–Kier alpha value is -2.13. The van der Waals surface area contributed by atoms with Crippen LogP contribution >= 0.6 is 0 Å². The van der Waals surface area contributed by atoms with Crippen molar-refractivity contribution in [3.8, 4) is 0 Å². The van der Waals surface area contributed by atoms with E-state index in [-0.39, 0.29) is 0 Å². The number of carbonyl (C=O) groups is 1. The number of nitrogens with one attached hydrogen (secondary N) is 1. The molecule has 1 aromatic carbocycles. The summed E-state index contributed by atoms with van der Waals surface area (Å²) >= 11 is 0. The fourth-order valence-electron chi connectivity index (χ4n) is 1.51. The third-order valence-corrected chi connectivity index (χ3v) is 2.51. The Morgan fingerprint density at radius 1 is 1.40 bits per heavy atom. The van der Waals surface area contributed by atoms with Gasteiger partial charge in [0.05, 0.1) is 16.6 Å². The van der Waals surface area contributed by atoms with Crippen molar-refractivity contribution < 1.29 is 28.7 Å².